The molecule has 35 heavy (non-hydrogen) atoms. The van der Waals surface area contributed by atoms with Crippen LogP contribution in [0.3, 0.4) is 0 Å². The van der Waals surface area contributed by atoms with Crippen molar-refractivity contribution in [3.63, 3.8) is 0 Å². The van der Waals surface area contributed by atoms with Gasteiger partial charge in [0.2, 0.25) is 0 Å². The molecule has 0 spiro atoms. The molecule has 2 aromatic heterocycles. The topological polar surface area (TPSA) is 263 Å². The Morgan fingerprint density at radius 1 is 1.20 bits per heavy atom. The number of ether oxygens (including phenoxy) is 1. The van der Waals surface area contributed by atoms with E-state index in [4.69, 9.17) is 14.5 Å². The first-order chi connectivity index (χ1) is 16.1. The summed E-state index contributed by atoms with van der Waals surface area (Å²) < 4.78 is 43.0. The van der Waals surface area contributed by atoms with Gasteiger partial charge in [0.25, 0.3) is 0 Å². The first kappa shape index (κ1) is 26.5. The van der Waals surface area contributed by atoms with Gasteiger partial charge in [-0.05, 0) is 0 Å². The Labute approximate surface area is 195 Å². The van der Waals surface area contributed by atoms with E-state index in [0.717, 1.165) is 0 Å². The van der Waals surface area contributed by atoms with Crippen LogP contribution >= 0.6 is 23.8 Å². The van der Waals surface area contributed by atoms with Gasteiger partial charge >= 0.3 is 195 Å². The zero-order valence-electron chi connectivity index (χ0n) is 17.8. The van der Waals surface area contributed by atoms with Gasteiger partial charge in [-0.3, -0.25) is 0 Å². The molecule has 0 amide bonds. The number of aromatic nitrogens is 4. The number of aliphatic hydroxyl groups excluding tert-OH is 2. The second-order valence-electron chi connectivity index (χ2n) is 7.47. The molecule has 0 aromatic carbocycles. The Balaban J connectivity index is 1.51. The number of hydrogen-bond donors (Lipinski definition) is 7. The van der Waals surface area contributed by atoms with Gasteiger partial charge in [-0.15, -0.1) is 0 Å². The van der Waals surface area contributed by atoms with Gasteiger partial charge in [0.15, 0.2) is 0 Å². The molecule has 2 aliphatic heterocycles. The van der Waals surface area contributed by atoms with E-state index in [9.17, 15) is 34.0 Å². The second kappa shape index (κ2) is 9.09. The summed E-state index contributed by atoms with van der Waals surface area (Å²) in [6.07, 6.45) is -3.05. The molecule has 1 fully saturated rings. The Morgan fingerprint density at radius 2 is 1.89 bits per heavy atom. The number of hydrazone groups is 1. The first-order valence-electron chi connectivity index (χ1n) is 9.56. The van der Waals surface area contributed by atoms with Crippen LogP contribution in [0.25, 0.3) is 11.2 Å². The summed E-state index contributed by atoms with van der Waals surface area (Å²) in [5.74, 6) is 1.01. The molecule has 7 N–H and O–H groups in total. The maximum atomic E-state index is 11.5. The molecule has 19 nitrogen and oxygen atoms in total. The van der Waals surface area contributed by atoms with Crippen LogP contribution in [0, 0.1) is 0 Å². The molecule has 4 heterocycles. The van der Waals surface area contributed by atoms with E-state index < -0.39 is 55.0 Å². The fourth-order valence-corrected chi connectivity index (χ4v) is 6.90. The fraction of sp³-hybridized carbons (Fsp3) is 0.538. The minimum atomic E-state index is -5.64. The fourth-order valence-electron chi connectivity index (χ4n) is 3.60. The van der Waals surface area contributed by atoms with E-state index in [1.54, 1.807) is 18.5 Å². The van der Waals surface area contributed by atoms with Crippen molar-refractivity contribution in [3.05, 3.63) is 12.7 Å². The molecule has 5 atom stereocenters. The van der Waals surface area contributed by atoms with E-state index in [-0.39, 0.29) is 0 Å². The molecular weight excluding hydrogens is 541 g/mol. The van der Waals surface area contributed by atoms with Crippen molar-refractivity contribution in [3.8, 4) is 0 Å². The van der Waals surface area contributed by atoms with Gasteiger partial charge in [-0.2, -0.15) is 0 Å². The molecule has 5 unspecified atom stereocenters. The molecule has 1 saturated heterocycles. The average molecular weight is 563 g/mol. The van der Waals surface area contributed by atoms with E-state index in [0.29, 0.717) is 22.8 Å². The maximum absolute atomic E-state index is 11.5. The summed E-state index contributed by atoms with van der Waals surface area (Å²) in [6.45, 7) is 0.850. The van der Waals surface area contributed by atoms with Crippen LogP contribution in [0.1, 0.15) is 13.2 Å². The number of phosphoric acid groups is 2. The number of anilines is 1. The molecule has 22 heteroatoms. The molecule has 2 aliphatic rings. The third kappa shape index (κ3) is 5.44. The van der Waals surface area contributed by atoms with Gasteiger partial charge < -0.3 is 0 Å². The molecule has 0 saturated carbocycles. The van der Waals surface area contributed by atoms with Crippen molar-refractivity contribution in [2.45, 2.75) is 31.5 Å². The number of nitrogens with zero attached hydrogens (tertiary/aromatic N) is 6. The predicted octanol–water partition coefficient (Wildman–Crippen LogP) is -2.39. The standard InChI is InChI=1S/C13H21N6O13P3/c1-6-16-17(2)11-8-12(15-4-14-11)19(5-18(6)8)13-10(21)9(20)7(30-13)3-29-34(25,26)32-35(27,28)31-33(22,23)24/h4-5,7,9-10,13,20-21,25-26,34H,3H2,1-2H3,(H2-,22,23,24,27,28)/p+1. The summed E-state index contributed by atoms with van der Waals surface area (Å²) in [6, 6.07) is 0. The summed E-state index contributed by atoms with van der Waals surface area (Å²) in [5, 5.41) is 26.8. The zero-order chi connectivity index (χ0) is 25.9. The molecule has 0 radical (unpaired) electrons. The number of aliphatic hydroxyl groups is 2. The van der Waals surface area contributed by atoms with E-state index in [2.05, 4.69) is 28.2 Å². The summed E-state index contributed by atoms with van der Waals surface area (Å²) in [4.78, 5) is 54.3. The molecule has 196 valence electrons. The van der Waals surface area contributed by atoms with Crippen LogP contribution in [-0.2, 0) is 27.0 Å². The van der Waals surface area contributed by atoms with Crippen LogP contribution in [-0.4, -0.2) is 87.0 Å². The van der Waals surface area contributed by atoms with E-state index in [1.165, 1.54) is 22.2 Å². The van der Waals surface area contributed by atoms with Gasteiger partial charge in [-0.1, -0.05) is 0 Å². The van der Waals surface area contributed by atoms with Crippen molar-refractivity contribution in [2.75, 3.05) is 18.7 Å². The molecule has 0 aliphatic carbocycles. The third-order valence-corrected chi connectivity index (χ3v) is 9.04. The van der Waals surface area contributed by atoms with Crippen LogP contribution in [0.15, 0.2) is 17.8 Å². The zero-order valence-corrected chi connectivity index (χ0v) is 20.6. The van der Waals surface area contributed by atoms with Gasteiger partial charge in [0, 0.05) is 0 Å². The summed E-state index contributed by atoms with van der Waals surface area (Å²) in [7, 11) is -15.0. The average Bonchev–Trinajstić information content (AvgIpc) is 3.21. The SMILES string of the molecule is CC1=NN(C)c2ncnc3c2[n+]1cn3C1OC(CO[PH](O)(O)OP(=O)(O)OP(=O)(O)O)C(O)C1O. The van der Waals surface area contributed by atoms with Crippen molar-refractivity contribution in [2.24, 2.45) is 5.10 Å². The monoisotopic (exact) mass is 563 g/mol. The first-order valence-corrected chi connectivity index (χ1v) is 14.3. The van der Waals surface area contributed by atoms with Crippen molar-refractivity contribution < 1.29 is 66.3 Å². The third-order valence-electron chi connectivity index (χ3n) is 4.95. The quantitative estimate of drug-likeness (QED) is 0.130. The van der Waals surface area contributed by atoms with Crippen LogP contribution in [0.5, 0.6) is 0 Å². The Hall–Kier alpha value is -1.53. The van der Waals surface area contributed by atoms with Gasteiger partial charge in [0.1, 0.15) is 0 Å². The second-order valence-corrected chi connectivity index (χ2v) is 12.2. The minimum absolute atomic E-state index is 0.320. The Bertz CT molecular complexity index is 1270. The number of imidazole rings is 1. The normalized spacial score (nSPS) is 27.2. The summed E-state index contributed by atoms with van der Waals surface area (Å²) in [5.41, 5.74) is 0.864. The Kier molecular flexibility index (Phi) is 6.89. The van der Waals surface area contributed by atoms with Crippen molar-refractivity contribution >= 4 is 46.6 Å². The van der Waals surface area contributed by atoms with Crippen LogP contribution < -0.4 is 9.58 Å². The number of hydrogen-bond acceptors (Lipinski definition) is 14. The molecular formula is C13H22N6O13P3+. The van der Waals surface area contributed by atoms with E-state index in [1.807, 2.05) is 0 Å². The van der Waals surface area contributed by atoms with Crippen LogP contribution in [0.2, 0.25) is 0 Å². The van der Waals surface area contributed by atoms with Crippen molar-refractivity contribution in [1.29, 1.82) is 0 Å². The van der Waals surface area contributed by atoms with E-state index >= 15 is 0 Å². The van der Waals surface area contributed by atoms with Gasteiger partial charge in [-0.25, -0.2) is 0 Å². The molecule has 0 bridgehead atoms. The number of rotatable bonds is 8. The summed E-state index contributed by atoms with van der Waals surface area (Å²) >= 11 is 0. The predicted molar refractivity (Wildman–Crippen MR) is 113 cm³/mol. The van der Waals surface area contributed by atoms with Crippen LogP contribution in [0.4, 0.5) is 5.82 Å². The molecule has 4 rings (SSSR count). The Morgan fingerprint density at radius 3 is 2.54 bits per heavy atom. The van der Waals surface area contributed by atoms with Gasteiger partial charge in [0.05, 0.1) is 0 Å². The molecule has 2 aromatic rings. The van der Waals surface area contributed by atoms with Crippen molar-refractivity contribution in [1.82, 2.24) is 14.5 Å².